The minimum Gasteiger partial charge on any atom is -0.161 e. The Morgan fingerprint density at radius 2 is 2.00 bits per heavy atom. The Balaban J connectivity index is 2.31. The second-order valence-corrected chi connectivity index (χ2v) is 3.29. The van der Waals surface area contributed by atoms with Crippen molar-refractivity contribution in [1.82, 2.24) is 0 Å². The zero-order valence-corrected chi connectivity index (χ0v) is 4.85. The van der Waals surface area contributed by atoms with E-state index >= 15 is 0 Å². The van der Waals surface area contributed by atoms with Crippen molar-refractivity contribution in [1.29, 1.82) is 0 Å². The van der Waals surface area contributed by atoms with E-state index in [2.05, 4.69) is 13.8 Å². The summed E-state index contributed by atoms with van der Waals surface area (Å²) in [5, 5.41) is 0. The molecule has 35 valence electrons. The van der Waals surface area contributed by atoms with Crippen LogP contribution < -0.4 is 0 Å². The van der Waals surface area contributed by atoms with E-state index in [1.165, 1.54) is 11.5 Å². The molecule has 1 fully saturated rings. The van der Waals surface area contributed by atoms with Gasteiger partial charge in [0.1, 0.15) is 0 Å². The molecular weight excluding hydrogens is 92.1 g/mol. The summed E-state index contributed by atoms with van der Waals surface area (Å²) >= 11 is 1.98. The molecule has 0 unspecified atom stereocenters. The van der Waals surface area contributed by atoms with Crippen LogP contribution in [0.2, 0.25) is 0 Å². The highest BCUT2D eigenvalue weighted by molar-refractivity contribution is 8.00. The Bertz CT molecular complexity index is 51.0. The second-order valence-electron chi connectivity index (χ2n) is 2.30. The third-order valence-electron chi connectivity index (χ3n) is 0.901. The molecule has 0 saturated carbocycles. The van der Waals surface area contributed by atoms with E-state index in [4.69, 9.17) is 0 Å². The smallest absolute Gasteiger partial charge is 0.000534 e. The largest absolute Gasteiger partial charge is 0.161 e. The van der Waals surface area contributed by atoms with Crippen molar-refractivity contribution in [2.75, 3.05) is 11.5 Å². The van der Waals surface area contributed by atoms with Gasteiger partial charge in [-0.05, 0) is 23.8 Å². The van der Waals surface area contributed by atoms with Crippen molar-refractivity contribution in [2.24, 2.45) is 5.41 Å². The Kier molecular flexibility index (Phi) is 0.870. The van der Waals surface area contributed by atoms with Gasteiger partial charge in [0.2, 0.25) is 0 Å². The Labute approximate surface area is 43.3 Å². The molecule has 0 aliphatic carbocycles. The summed E-state index contributed by atoms with van der Waals surface area (Å²) in [7, 11) is 0. The van der Waals surface area contributed by atoms with Crippen molar-refractivity contribution in [3.63, 3.8) is 0 Å². The van der Waals surface area contributed by atoms with Crippen LogP contribution in [0.15, 0.2) is 0 Å². The van der Waals surface area contributed by atoms with Gasteiger partial charge in [0.25, 0.3) is 0 Å². The van der Waals surface area contributed by atoms with Crippen molar-refractivity contribution in [3.8, 4) is 0 Å². The third-order valence-corrected chi connectivity index (χ3v) is 2.70. The summed E-state index contributed by atoms with van der Waals surface area (Å²) in [4.78, 5) is 0. The summed E-state index contributed by atoms with van der Waals surface area (Å²) < 4.78 is 0. The quantitative estimate of drug-likeness (QED) is 0.446. The highest BCUT2D eigenvalue weighted by Crippen LogP contribution is 2.35. The summed E-state index contributed by atoms with van der Waals surface area (Å²) in [6.07, 6.45) is 0. The topological polar surface area (TPSA) is 0 Å². The minimum atomic E-state index is 0.435. The van der Waals surface area contributed by atoms with E-state index in [0.717, 1.165) is 0 Å². The standard InChI is InChI=1S/C5H9S/c1-5(2)3-6-4-5/h1,3-4H2,2H3. The van der Waals surface area contributed by atoms with Crippen LogP contribution in [0, 0.1) is 12.3 Å². The first-order valence-corrected chi connectivity index (χ1v) is 3.29. The minimum absolute atomic E-state index is 0.435. The normalized spacial score (nSPS) is 29.0. The fourth-order valence-corrected chi connectivity index (χ4v) is 1.35. The van der Waals surface area contributed by atoms with E-state index in [-0.39, 0.29) is 0 Å². The summed E-state index contributed by atoms with van der Waals surface area (Å²) in [5.74, 6) is 2.51. The van der Waals surface area contributed by atoms with Crippen molar-refractivity contribution >= 4 is 11.8 Å². The molecule has 0 aromatic rings. The number of rotatable bonds is 0. The van der Waals surface area contributed by atoms with Crippen LogP contribution >= 0.6 is 11.8 Å². The maximum absolute atomic E-state index is 3.95. The molecule has 0 spiro atoms. The summed E-state index contributed by atoms with van der Waals surface area (Å²) in [6.45, 7) is 6.15. The molecule has 6 heavy (non-hydrogen) atoms. The molecule has 0 bridgehead atoms. The van der Waals surface area contributed by atoms with Gasteiger partial charge in [-0.15, -0.1) is 0 Å². The molecular formula is C5H9S. The monoisotopic (exact) mass is 101 g/mol. The SMILES string of the molecule is [CH2]C1(C)CSC1. The molecule has 0 amide bonds. The van der Waals surface area contributed by atoms with E-state index in [9.17, 15) is 0 Å². The maximum atomic E-state index is 3.95. The van der Waals surface area contributed by atoms with Gasteiger partial charge in [-0.1, -0.05) is 6.92 Å². The van der Waals surface area contributed by atoms with Gasteiger partial charge < -0.3 is 0 Å². The lowest BCUT2D eigenvalue weighted by Crippen LogP contribution is -2.28. The van der Waals surface area contributed by atoms with Crippen LogP contribution in [-0.2, 0) is 0 Å². The molecule has 0 nitrogen and oxygen atoms in total. The number of thioether (sulfide) groups is 1. The van der Waals surface area contributed by atoms with Crippen LogP contribution in [0.4, 0.5) is 0 Å². The van der Waals surface area contributed by atoms with E-state index in [1.807, 2.05) is 11.8 Å². The van der Waals surface area contributed by atoms with E-state index in [0.29, 0.717) is 5.41 Å². The molecule has 1 heteroatoms. The fraction of sp³-hybridized carbons (Fsp3) is 0.800. The Morgan fingerprint density at radius 1 is 1.67 bits per heavy atom. The number of hydrogen-bond donors (Lipinski definition) is 0. The Hall–Kier alpha value is 0.350. The van der Waals surface area contributed by atoms with Crippen molar-refractivity contribution < 1.29 is 0 Å². The zero-order chi connectivity index (χ0) is 4.62. The highest BCUT2D eigenvalue weighted by Gasteiger charge is 2.26. The van der Waals surface area contributed by atoms with E-state index in [1.54, 1.807) is 0 Å². The maximum Gasteiger partial charge on any atom is -0.000534 e. The van der Waals surface area contributed by atoms with E-state index < -0.39 is 0 Å². The molecule has 1 rings (SSSR count). The third kappa shape index (κ3) is 0.700. The summed E-state index contributed by atoms with van der Waals surface area (Å²) in [5.41, 5.74) is 0.435. The van der Waals surface area contributed by atoms with Crippen molar-refractivity contribution in [2.45, 2.75) is 6.92 Å². The molecule has 0 atom stereocenters. The van der Waals surface area contributed by atoms with Gasteiger partial charge in [-0.25, -0.2) is 0 Å². The molecule has 1 aliphatic rings. The predicted molar refractivity (Wildman–Crippen MR) is 30.8 cm³/mol. The van der Waals surface area contributed by atoms with Gasteiger partial charge in [0.15, 0.2) is 0 Å². The average Bonchev–Trinajstić information content (AvgIpc) is 1.32. The Morgan fingerprint density at radius 3 is 2.00 bits per heavy atom. The molecule has 1 heterocycles. The molecule has 0 N–H and O–H groups in total. The van der Waals surface area contributed by atoms with Gasteiger partial charge in [-0.3, -0.25) is 0 Å². The van der Waals surface area contributed by atoms with Gasteiger partial charge >= 0.3 is 0 Å². The molecule has 0 aromatic carbocycles. The van der Waals surface area contributed by atoms with Crippen molar-refractivity contribution in [3.05, 3.63) is 6.92 Å². The summed E-state index contributed by atoms with van der Waals surface area (Å²) in [6, 6.07) is 0. The lowest BCUT2D eigenvalue weighted by Gasteiger charge is -2.32. The first kappa shape index (κ1) is 4.51. The predicted octanol–water partition coefficient (Wildman–Crippen LogP) is 1.57. The van der Waals surface area contributed by atoms with Crippen LogP contribution in [-0.4, -0.2) is 11.5 Å². The van der Waals surface area contributed by atoms with Gasteiger partial charge in [0, 0.05) is 0 Å². The van der Waals surface area contributed by atoms with Crippen LogP contribution in [0.25, 0.3) is 0 Å². The number of hydrogen-bond acceptors (Lipinski definition) is 1. The molecule has 1 aliphatic heterocycles. The highest BCUT2D eigenvalue weighted by atomic mass is 32.2. The molecule has 1 saturated heterocycles. The fourth-order valence-electron chi connectivity index (χ4n) is 0.451. The lowest BCUT2D eigenvalue weighted by molar-refractivity contribution is 0.530. The van der Waals surface area contributed by atoms with Crippen LogP contribution in [0.5, 0.6) is 0 Å². The van der Waals surface area contributed by atoms with Gasteiger partial charge in [-0.2, -0.15) is 11.8 Å². The zero-order valence-electron chi connectivity index (χ0n) is 4.03. The van der Waals surface area contributed by atoms with Gasteiger partial charge in [0.05, 0.1) is 0 Å². The first-order valence-electron chi connectivity index (χ1n) is 2.14. The van der Waals surface area contributed by atoms with Crippen LogP contribution in [0.3, 0.4) is 0 Å². The molecule has 0 aromatic heterocycles. The van der Waals surface area contributed by atoms with Crippen LogP contribution in [0.1, 0.15) is 6.92 Å². The first-order chi connectivity index (χ1) is 2.71. The second kappa shape index (κ2) is 1.16. The lowest BCUT2D eigenvalue weighted by atomic mass is 9.99. The average molecular weight is 101 g/mol. The molecule has 1 radical (unpaired) electrons.